The number of carboxylic acids is 1. The molecule has 1 fully saturated rings. The van der Waals surface area contributed by atoms with E-state index in [1.807, 2.05) is 0 Å². The summed E-state index contributed by atoms with van der Waals surface area (Å²) >= 11 is 0. The number of aromatic nitrogens is 4. The van der Waals surface area contributed by atoms with Gasteiger partial charge in [0, 0.05) is 19.9 Å². The summed E-state index contributed by atoms with van der Waals surface area (Å²) in [6.45, 7) is 0. The first kappa shape index (κ1) is 19.0. The molecule has 146 valence electrons. The maximum absolute atomic E-state index is 12.0. The molecule has 1 aliphatic carbocycles. The summed E-state index contributed by atoms with van der Waals surface area (Å²) in [6.07, 6.45) is 1.09. The second-order valence-electron chi connectivity index (χ2n) is 6.50. The number of hydrogen-bond donors (Lipinski definition) is 5. The number of imidazole rings is 1. The van der Waals surface area contributed by atoms with E-state index in [-0.39, 0.29) is 31.6 Å². The number of aliphatic carboxylic acids is 1. The number of rotatable bonds is 7. The fraction of sp³-hybridized carbons (Fsp3) is 0.562. The zero-order chi connectivity index (χ0) is 19.6. The second-order valence-corrected chi connectivity index (χ2v) is 6.50. The molecule has 0 saturated heterocycles. The van der Waals surface area contributed by atoms with E-state index >= 15 is 0 Å². The Labute approximate surface area is 154 Å². The fourth-order valence-electron chi connectivity index (χ4n) is 3.42. The van der Waals surface area contributed by atoms with Gasteiger partial charge in [-0.15, -0.1) is 0 Å². The Morgan fingerprint density at radius 2 is 2.00 bits per heavy atom. The average molecular weight is 378 g/mol. The van der Waals surface area contributed by atoms with Crippen LogP contribution in [0.3, 0.4) is 0 Å². The molecule has 0 aromatic carbocycles. The van der Waals surface area contributed by atoms with Crippen LogP contribution in [0.15, 0.2) is 12.7 Å². The quantitative estimate of drug-likeness (QED) is 0.418. The van der Waals surface area contributed by atoms with Crippen molar-refractivity contribution in [3.05, 3.63) is 12.7 Å². The van der Waals surface area contributed by atoms with Gasteiger partial charge in [-0.05, 0) is 12.8 Å². The van der Waals surface area contributed by atoms with Crippen LogP contribution in [0.25, 0.3) is 11.2 Å². The van der Waals surface area contributed by atoms with Crippen molar-refractivity contribution >= 4 is 28.9 Å². The molecular formula is C16H22N6O5. The molecule has 11 heteroatoms. The summed E-state index contributed by atoms with van der Waals surface area (Å²) in [7, 11) is 1.71. The van der Waals surface area contributed by atoms with Crippen molar-refractivity contribution in [2.24, 2.45) is 0 Å². The Kier molecular flexibility index (Phi) is 5.51. The predicted octanol–water partition coefficient (Wildman–Crippen LogP) is -0.726. The highest BCUT2D eigenvalue weighted by molar-refractivity contribution is 5.83. The number of amides is 1. The molecule has 0 aliphatic heterocycles. The van der Waals surface area contributed by atoms with E-state index in [0.29, 0.717) is 17.0 Å². The van der Waals surface area contributed by atoms with Crippen LogP contribution in [0.4, 0.5) is 5.82 Å². The van der Waals surface area contributed by atoms with Gasteiger partial charge in [0.15, 0.2) is 11.5 Å². The van der Waals surface area contributed by atoms with Crippen molar-refractivity contribution in [1.29, 1.82) is 0 Å². The van der Waals surface area contributed by atoms with E-state index in [1.54, 1.807) is 11.6 Å². The second kappa shape index (κ2) is 7.84. The molecule has 0 bridgehead atoms. The number of fused-ring (bicyclic) bond motifs is 1. The molecule has 1 saturated carbocycles. The highest BCUT2D eigenvalue weighted by atomic mass is 16.4. The summed E-state index contributed by atoms with van der Waals surface area (Å²) in [5.41, 5.74) is 1.06. The van der Waals surface area contributed by atoms with E-state index in [4.69, 9.17) is 5.11 Å². The van der Waals surface area contributed by atoms with E-state index in [2.05, 4.69) is 25.6 Å². The molecule has 0 spiro atoms. The van der Waals surface area contributed by atoms with Crippen LogP contribution in [0.1, 0.15) is 31.7 Å². The Hall–Kier alpha value is -2.79. The number of carbonyl (C=O) groups is 2. The molecule has 1 amide bonds. The predicted molar refractivity (Wildman–Crippen MR) is 94.0 cm³/mol. The fourth-order valence-corrected chi connectivity index (χ4v) is 3.42. The van der Waals surface area contributed by atoms with E-state index in [0.717, 1.165) is 0 Å². The standard InChI is InChI=1S/C16H22N6O5/c1-17-15-12-16(19-6-18-15)20-7-22(12)9-5-8(13(26)14(9)27)21-10(23)3-2-4-11(24)25/h6-9,13-14,26-27H,2-5H2,1H3,(H,21,23)(H,24,25)(H,17,18,19)/t8-,9+,13-,14+/m1/s1. The Bertz CT molecular complexity index is 840. The van der Waals surface area contributed by atoms with Gasteiger partial charge >= 0.3 is 5.97 Å². The molecule has 2 aromatic rings. The molecule has 0 unspecified atom stereocenters. The number of nitrogens with zero attached hydrogens (tertiary/aromatic N) is 4. The van der Waals surface area contributed by atoms with Gasteiger partial charge in [-0.1, -0.05) is 0 Å². The average Bonchev–Trinajstić information content (AvgIpc) is 3.17. The van der Waals surface area contributed by atoms with Gasteiger partial charge in [0.1, 0.15) is 24.1 Å². The van der Waals surface area contributed by atoms with Crippen molar-refractivity contribution < 1.29 is 24.9 Å². The Morgan fingerprint density at radius 3 is 2.70 bits per heavy atom. The smallest absolute Gasteiger partial charge is 0.303 e. The summed E-state index contributed by atoms with van der Waals surface area (Å²) in [6, 6.07) is -1.17. The van der Waals surface area contributed by atoms with Gasteiger partial charge in [0.25, 0.3) is 0 Å². The number of carbonyl (C=O) groups excluding carboxylic acids is 1. The topological polar surface area (TPSA) is 162 Å². The minimum absolute atomic E-state index is 0.0437. The summed E-state index contributed by atoms with van der Waals surface area (Å²) in [5, 5.41) is 35.1. The number of anilines is 1. The first-order chi connectivity index (χ1) is 12.9. The zero-order valence-electron chi connectivity index (χ0n) is 14.7. The molecular weight excluding hydrogens is 356 g/mol. The third-order valence-corrected chi connectivity index (χ3v) is 4.75. The van der Waals surface area contributed by atoms with Gasteiger partial charge in [0.2, 0.25) is 5.91 Å². The maximum atomic E-state index is 12.0. The molecule has 3 rings (SSSR count). The summed E-state index contributed by atoms with van der Waals surface area (Å²) in [4.78, 5) is 35.0. The largest absolute Gasteiger partial charge is 0.481 e. The van der Waals surface area contributed by atoms with Crippen LogP contribution in [0.5, 0.6) is 0 Å². The molecule has 1 aliphatic rings. The lowest BCUT2D eigenvalue weighted by molar-refractivity contribution is -0.137. The van der Waals surface area contributed by atoms with Crippen LogP contribution in [0.2, 0.25) is 0 Å². The lowest BCUT2D eigenvalue weighted by atomic mass is 10.1. The molecule has 0 radical (unpaired) electrons. The highest BCUT2D eigenvalue weighted by Gasteiger charge is 2.43. The number of aliphatic hydroxyl groups excluding tert-OH is 2. The van der Waals surface area contributed by atoms with Gasteiger partial charge in [-0.3, -0.25) is 9.59 Å². The van der Waals surface area contributed by atoms with E-state index in [9.17, 15) is 19.8 Å². The number of aliphatic hydroxyl groups is 2. The van der Waals surface area contributed by atoms with Crippen molar-refractivity contribution in [2.45, 2.75) is 50.0 Å². The van der Waals surface area contributed by atoms with Crippen LogP contribution < -0.4 is 10.6 Å². The van der Waals surface area contributed by atoms with Crippen molar-refractivity contribution in [3.8, 4) is 0 Å². The molecule has 4 atom stereocenters. The van der Waals surface area contributed by atoms with Crippen molar-refractivity contribution in [3.63, 3.8) is 0 Å². The number of carboxylic acid groups (broad SMARTS) is 1. The van der Waals surface area contributed by atoms with Crippen LogP contribution in [-0.2, 0) is 9.59 Å². The zero-order valence-corrected chi connectivity index (χ0v) is 14.7. The maximum Gasteiger partial charge on any atom is 0.303 e. The third kappa shape index (κ3) is 3.83. The summed E-state index contributed by atoms with van der Waals surface area (Å²) in [5.74, 6) is -0.781. The van der Waals surface area contributed by atoms with Gasteiger partial charge in [0.05, 0.1) is 18.4 Å². The van der Waals surface area contributed by atoms with Crippen LogP contribution in [0, 0.1) is 0 Å². The SMILES string of the molecule is CNc1ncnc2ncn([C@H]3C[C@@H](NC(=O)CCCC(=O)O)[C@@H](O)[C@H]3O)c12. The van der Waals surface area contributed by atoms with E-state index in [1.165, 1.54) is 12.7 Å². The third-order valence-electron chi connectivity index (χ3n) is 4.75. The lowest BCUT2D eigenvalue weighted by Crippen LogP contribution is -2.43. The molecule has 5 N–H and O–H groups in total. The minimum atomic E-state index is -1.15. The molecule has 2 aromatic heterocycles. The molecule has 2 heterocycles. The van der Waals surface area contributed by atoms with Crippen molar-refractivity contribution in [1.82, 2.24) is 24.8 Å². The number of nitrogens with one attached hydrogen (secondary N) is 2. The Morgan fingerprint density at radius 1 is 1.22 bits per heavy atom. The normalized spacial score (nSPS) is 24.9. The van der Waals surface area contributed by atoms with Crippen molar-refractivity contribution in [2.75, 3.05) is 12.4 Å². The Balaban J connectivity index is 1.74. The van der Waals surface area contributed by atoms with Gasteiger partial charge < -0.3 is 30.5 Å². The van der Waals surface area contributed by atoms with Gasteiger partial charge in [-0.25, -0.2) is 15.0 Å². The first-order valence-corrected chi connectivity index (χ1v) is 8.65. The van der Waals surface area contributed by atoms with Gasteiger partial charge in [-0.2, -0.15) is 0 Å². The van der Waals surface area contributed by atoms with Crippen LogP contribution >= 0.6 is 0 Å². The molecule has 11 nitrogen and oxygen atoms in total. The van der Waals surface area contributed by atoms with Crippen LogP contribution in [-0.4, -0.2) is 72.0 Å². The summed E-state index contributed by atoms with van der Waals surface area (Å²) < 4.78 is 1.70. The lowest BCUT2D eigenvalue weighted by Gasteiger charge is -2.19. The molecule has 27 heavy (non-hydrogen) atoms. The first-order valence-electron chi connectivity index (χ1n) is 8.65. The van der Waals surface area contributed by atoms with E-state index < -0.39 is 30.3 Å². The highest BCUT2D eigenvalue weighted by Crippen LogP contribution is 2.34. The number of hydrogen-bond acceptors (Lipinski definition) is 8. The monoisotopic (exact) mass is 378 g/mol. The minimum Gasteiger partial charge on any atom is -0.481 e.